The summed E-state index contributed by atoms with van der Waals surface area (Å²) < 4.78 is 10.7. The Bertz CT molecular complexity index is 619. The van der Waals surface area contributed by atoms with Gasteiger partial charge in [0.2, 0.25) is 5.91 Å². The van der Waals surface area contributed by atoms with E-state index in [1.807, 2.05) is 27.7 Å². The lowest BCUT2D eigenvalue weighted by Crippen LogP contribution is -2.43. The van der Waals surface area contributed by atoms with E-state index in [-0.39, 0.29) is 17.2 Å². The minimum absolute atomic E-state index is 0.0499. The minimum Gasteiger partial charge on any atom is -0.469 e. The molecule has 0 atom stereocenters. The van der Waals surface area contributed by atoms with Gasteiger partial charge in [0.25, 0.3) is 11.1 Å². The molecular formula is C14H19N3O3S. The number of aromatic nitrogens is 2. The first-order valence-corrected chi connectivity index (χ1v) is 7.71. The van der Waals surface area contributed by atoms with Crippen LogP contribution in [0.2, 0.25) is 0 Å². The summed E-state index contributed by atoms with van der Waals surface area (Å²) in [6.07, 6.45) is 2.44. The highest BCUT2D eigenvalue weighted by atomic mass is 32.2. The number of furan rings is 1. The Morgan fingerprint density at radius 1 is 1.43 bits per heavy atom. The van der Waals surface area contributed by atoms with Crippen LogP contribution in [0.4, 0.5) is 0 Å². The molecule has 2 heterocycles. The standard InChI is InChI=1S/C14H19N3O3S/c1-5-14(3,4)15-11(18)8-21-13-17-16-12(20-13)10-6-7-19-9(10)2/h6-7H,5,8H2,1-4H3,(H,15,18). The summed E-state index contributed by atoms with van der Waals surface area (Å²) in [5, 5.41) is 11.2. The molecule has 2 aromatic rings. The van der Waals surface area contributed by atoms with Crippen LogP contribution < -0.4 is 5.32 Å². The maximum Gasteiger partial charge on any atom is 0.277 e. The molecule has 0 saturated carbocycles. The van der Waals surface area contributed by atoms with Crippen molar-refractivity contribution in [1.82, 2.24) is 15.5 Å². The van der Waals surface area contributed by atoms with Gasteiger partial charge in [0, 0.05) is 5.54 Å². The molecule has 0 fully saturated rings. The first kappa shape index (κ1) is 15.6. The maximum absolute atomic E-state index is 11.8. The normalized spacial score (nSPS) is 11.6. The van der Waals surface area contributed by atoms with Crippen LogP contribution in [-0.2, 0) is 4.79 Å². The number of carbonyl (C=O) groups excluding carboxylic acids is 1. The van der Waals surface area contributed by atoms with Crippen molar-refractivity contribution in [2.45, 2.75) is 44.9 Å². The van der Waals surface area contributed by atoms with E-state index in [2.05, 4.69) is 15.5 Å². The summed E-state index contributed by atoms with van der Waals surface area (Å²) in [5.74, 6) is 1.32. The number of amides is 1. The predicted octanol–water partition coefficient (Wildman–Crippen LogP) is 3.03. The molecular weight excluding hydrogens is 290 g/mol. The summed E-state index contributed by atoms with van der Waals surface area (Å²) >= 11 is 1.22. The van der Waals surface area contributed by atoms with E-state index in [9.17, 15) is 4.79 Å². The number of nitrogens with one attached hydrogen (secondary N) is 1. The van der Waals surface area contributed by atoms with Gasteiger partial charge in [-0.15, -0.1) is 10.2 Å². The fourth-order valence-corrected chi connectivity index (χ4v) is 2.18. The molecule has 2 aromatic heterocycles. The molecule has 0 spiro atoms. The SMILES string of the molecule is CCC(C)(C)NC(=O)CSc1nnc(-c2ccoc2C)o1. The van der Waals surface area contributed by atoms with Crippen LogP contribution in [0.25, 0.3) is 11.5 Å². The molecule has 0 aliphatic heterocycles. The second-order valence-electron chi connectivity index (χ2n) is 5.34. The smallest absolute Gasteiger partial charge is 0.277 e. The van der Waals surface area contributed by atoms with Gasteiger partial charge in [-0.2, -0.15) is 0 Å². The lowest BCUT2D eigenvalue weighted by Gasteiger charge is -2.24. The average molecular weight is 309 g/mol. The number of hydrogen-bond acceptors (Lipinski definition) is 6. The largest absolute Gasteiger partial charge is 0.469 e. The lowest BCUT2D eigenvalue weighted by atomic mass is 10.0. The number of hydrogen-bond donors (Lipinski definition) is 1. The van der Waals surface area contributed by atoms with E-state index in [1.165, 1.54) is 11.8 Å². The molecule has 0 saturated heterocycles. The van der Waals surface area contributed by atoms with E-state index in [4.69, 9.17) is 8.83 Å². The van der Waals surface area contributed by atoms with Gasteiger partial charge < -0.3 is 14.2 Å². The Morgan fingerprint density at radius 2 is 2.19 bits per heavy atom. The summed E-state index contributed by atoms with van der Waals surface area (Å²) in [4.78, 5) is 11.8. The molecule has 0 aromatic carbocycles. The van der Waals surface area contributed by atoms with Gasteiger partial charge in [0.05, 0.1) is 17.6 Å². The van der Waals surface area contributed by atoms with Crippen LogP contribution in [0.5, 0.6) is 0 Å². The molecule has 21 heavy (non-hydrogen) atoms. The van der Waals surface area contributed by atoms with E-state index in [0.717, 1.165) is 17.7 Å². The monoisotopic (exact) mass is 309 g/mol. The third kappa shape index (κ3) is 4.10. The Kier molecular flexibility index (Phi) is 4.72. The molecule has 0 bridgehead atoms. The topological polar surface area (TPSA) is 81.2 Å². The van der Waals surface area contributed by atoms with Gasteiger partial charge in [-0.3, -0.25) is 4.79 Å². The lowest BCUT2D eigenvalue weighted by molar-refractivity contribution is -0.120. The van der Waals surface area contributed by atoms with Crippen molar-refractivity contribution in [3.05, 3.63) is 18.1 Å². The number of nitrogens with zero attached hydrogens (tertiary/aromatic N) is 2. The fraction of sp³-hybridized carbons (Fsp3) is 0.500. The highest BCUT2D eigenvalue weighted by Gasteiger charge is 2.19. The molecule has 1 amide bonds. The maximum atomic E-state index is 11.8. The van der Waals surface area contributed by atoms with Crippen LogP contribution in [0, 0.1) is 6.92 Å². The molecule has 0 unspecified atom stereocenters. The zero-order valence-electron chi connectivity index (χ0n) is 12.6. The van der Waals surface area contributed by atoms with Crippen LogP contribution in [0.1, 0.15) is 33.0 Å². The summed E-state index contributed by atoms with van der Waals surface area (Å²) in [7, 11) is 0. The van der Waals surface area contributed by atoms with Crippen LogP contribution in [0.3, 0.4) is 0 Å². The summed E-state index contributed by atoms with van der Waals surface area (Å²) in [5.41, 5.74) is 0.567. The summed E-state index contributed by atoms with van der Waals surface area (Å²) in [6, 6.07) is 1.77. The van der Waals surface area contributed by atoms with Gasteiger partial charge >= 0.3 is 0 Å². The van der Waals surface area contributed by atoms with E-state index in [0.29, 0.717) is 11.1 Å². The van der Waals surface area contributed by atoms with Gasteiger partial charge in [-0.05, 0) is 33.3 Å². The van der Waals surface area contributed by atoms with E-state index in [1.54, 1.807) is 12.3 Å². The van der Waals surface area contributed by atoms with Crippen molar-refractivity contribution in [1.29, 1.82) is 0 Å². The average Bonchev–Trinajstić information content (AvgIpc) is 3.04. The molecule has 7 heteroatoms. The number of rotatable bonds is 6. The van der Waals surface area contributed by atoms with Crippen molar-refractivity contribution in [3.8, 4) is 11.5 Å². The van der Waals surface area contributed by atoms with Crippen LogP contribution >= 0.6 is 11.8 Å². The third-order valence-corrected chi connectivity index (χ3v) is 4.00. The molecule has 6 nitrogen and oxygen atoms in total. The van der Waals surface area contributed by atoms with Crippen molar-refractivity contribution in [2.24, 2.45) is 0 Å². The Morgan fingerprint density at radius 3 is 2.81 bits per heavy atom. The van der Waals surface area contributed by atoms with Crippen LogP contribution in [-0.4, -0.2) is 27.4 Å². The highest BCUT2D eigenvalue weighted by molar-refractivity contribution is 7.99. The summed E-state index contributed by atoms with van der Waals surface area (Å²) in [6.45, 7) is 7.83. The van der Waals surface area contributed by atoms with Crippen LogP contribution in [0.15, 0.2) is 26.4 Å². The molecule has 114 valence electrons. The van der Waals surface area contributed by atoms with Crippen molar-refractivity contribution in [2.75, 3.05) is 5.75 Å². The van der Waals surface area contributed by atoms with Gasteiger partial charge in [-0.1, -0.05) is 18.7 Å². The number of thioether (sulfide) groups is 1. The van der Waals surface area contributed by atoms with Crippen molar-refractivity contribution >= 4 is 17.7 Å². The van der Waals surface area contributed by atoms with Gasteiger partial charge in [0.1, 0.15) is 5.76 Å². The first-order valence-electron chi connectivity index (χ1n) is 6.73. The zero-order valence-corrected chi connectivity index (χ0v) is 13.4. The second-order valence-corrected chi connectivity index (χ2v) is 6.26. The predicted molar refractivity (Wildman–Crippen MR) is 80.0 cm³/mol. The second kappa shape index (κ2) is 6.34. The van der Waals surface area contributed by atoms with E-state index < -0.39 is 0 Å². The number of aryl methyl sites for hydroxylation is 1. The minimum atomic E-state index is -0.203. The fourth-order valence-electron chi connectivity index (χ4n) is 1.61. The van der Waals surface area contributed by atoms with Crippen molar-refractivity contribution < 1.29 is 13.6 Å². The molecule has 1 N–H and O–H groups in total. The Labute approximate surface area is 127 Å². The van der Waals surface area contributed by atoms with E-state index >= 15 is 0 Å². The molecule has 2 rings (SSSR count). The number of carbonyl (C=O) groups is 1. The zero-order chi connectivity index (χ0) is 15.5. The van der Waals surface area contributed by atoms with Crippen molar-refractivity contribution in [3.63, 3.8) is 0 Å². The highest BCUT2D eigenvalue weighted by Crippen LogP contribution is 2.26. The molecule has 0 aliphatic rings. The first-order chi connectivity index (χ1) is 9.91. The molecule has 0 radical (unpaired) electrons. The Hall–Kier alpha value is -1.76. The third-order valence-electron chi connectivity index (χ3n) is 3.18. The Balaban J connectivity index is 1.92. The van der Waals surface area contributed by atoms with Gasteiger partial charge in [0.15, 0.2) is 0 Å². The van der Waals surface area contributed by atoms with Gasteiger partial charge in [-0.25, -0.2) is 0 Å². The quantitative estimate of drug-likeness (QED) is 0.826. The molecule has 0 aliphatic carbocycles.